The molecule has 2 aliphatic carbocycles. The zero-order chi connectivity index (χ0) is 35.1. The van der Waals surface area contributed by atoms with E-state index in [4.69, 9.17) is 0 Å². The monoisotopic (exact) mass is 665 g/mol. The number of anilines is 3. The molecule has 1 saturated carbocycles. The molecule has 2 heterocycles. The molecule has 0 bridgehead atoms. The van der Waals surface area contributed by atoms with Gasteiger partial charge >= 0.3 is 11.4 Å². The molecule has 1 N–H and O–H groups in total. The van der Waals surface area contributed by atoms with Gasteiger partial charge in [0.05, 0.1) is 44.4 Å². The number of para-hydroxylation sites is 2. The van der Waals surface area contributed by atoms with E-state index in [0.717, 1.165) is 21.9 Å². The normalized spacial score (nSPS) is 27.4. The molecule has 2 saturated heterocycles. The fourth-order valence-corrected chi connectivity index (χ4v) is 8.62. The van der Waals surface area contributed by atoms with E-state index in [0.29, 0.717) is 16.8 Å². The molecule has 4 aliphatic rings. The molecule has 6 atom stereocenters. The maximum Gasteiger partial charge on any atom is 0.301 e. The summed E-state index contributed by atoms with van der Waals surface area (Å²) in [4.78, 5) is 82.8. The molecule has 4 amide bonds. The summed E-state index contributed by atoms with van der Waals surface area (Å²) in [5, 5.41) is 35.3. The Hall–Kier alpha value is -5.92. The number of amides is 4. The van der Waals surface area contributed by atoms with Crippen LogP contribution in [0.3, 0.4) is 0 Å². The molecule has 0 unspecified atom stereocenters. The zero-order valence-corrected chi connectivity index (χ0v) is 26.7. The van der Waals surface area contributed by atoms with E-state index in [1.807, 2.05) is 6.08 Å². The minimum absolute atomic E-state index is 0.0498. The van der Waals surface area contributed by atoms with Crippen LogP contribution in [0.2, 0.25) is 0 Å². The standard InChI is InChI=1S/C35H31N5O9/c1-35-24(32(43)38(34(35)45)18-9-5-4-6-10-18)17-23-20(29(35)21-11-7-8-12-27(21)41)13-14-22-28(23)33(44)37(31(22)42)19-15-25(39(46)47)30(36(2)3)26(16-19)40(48)49/h4-13,15-16,22-24,28-29,41H,14,17H2,1-3H3/t22-,23+,24-,28-,29+,35+/m0/s1. The van der Waals surface area contributed by atoms with Crippen LogP contribution in [0.5, 0.6) is 5.75 Å². The molecule has 0 aromatic heterocycles. The first kappa shape index (κ1) is 31.7. The number of benzene rings is 3. The van der Waals surface area contributed by atoms with Crippen LogP contribution in [0.4, 0.5) is 28.4 Å². The predicted molar refractivity (Wildman–Crippen MR) is 176 cm³/mol. The second kappa shape index (κ2) is 11.1. The molecule has 14 heteroatoms. The average molecular weight is 666 g/mol. The molecule has 14 nitrogen and oxygen atoms in total. The van der Waals surface area contributed by atoms with Gasteiger partial charge in [-0.2, -0.15) is 0 Å². The summed E-state index contributed by atoms with van der Waals surface area (Å²) in [6.07, 6.45) is 1.93. The van der Waals surface area contributed by atoms with E-state index >= 15 is 0 Å². The topological polar surface area (TPSA) is 185 Å². The van der Waals surface area contributed by atoms with Crippen LogP contribution in [0, 0.1) is 49.3 Å². The number of hydrogen-bond acceptors (Lipinski definition) is 10. The Labute approximate surface area is 279 Å². The number of allylic oxidation sites excluding steroid dienone is 2. The minimum atomic E-state index is -1.35. The molecule has 0 radical (unpaired) electrons. The number of fused-ring (bicyclic) bond motifs is 4. The molecular weight excluding hydrogens is 634 g/mol. The fourth-order valence-electron chi connectivity index (χ4n) is 8.62. The van der Waals surface area contributed by atoms with Crippen LogP contribution in [0.25, 0.3) is 0 Å². The van der Waals surface area contributed by atoms with Gasteiger partial charge in [-0.1, -0.05) is 48.0 Å². The lowest BCUT2D eigenvalue weighted by Gasteiger charge is -2.49. The van der Waals surface area contributed by atoms with Crippen molar-refractivity contribution in [2.24, 2.45) is 29.1 Å². The van der Waals surface area contributed by atoms with Crippen molar-refractivity contribution in [2.75, 3.05) is 28.8 Å². The number of carbonyl (C=O) groups is 4. The summed E-state index contributed by atoms with van der Waals surface area (Å²) in [6.45, 7) is 1.71. The lowest BCUT2D eigenvalue weighted by molar-refractivity contribution is -0.392. The van der Waals surface area contributed by atoms with Gasteiger partial charge in [-0.05, 0) is 43.9 Å². The number of aromatic hydroxyl groups is 1. The Morgan fingerprint density at radius 1 is 0.816 bits per heavy atom. The first-order valence-corrected chi connectivity index (χ1v) is 15.7. The summed E-state index contributed by atoms with van der Waals surface area (Å²) in [6, 6.07) is 17.0. The Morgan fingerprint density at radius 3 is 2.02 bits per heavy atom. The summed E-state index contributed by atoms with van der Waals surface area (Å²) >= 11 is 0. The van der Waals surface area contributed by atoms with E-state index in [1.165, 1.54) is 25.1 Å². The summed E-state index contributed by atoms with van der Waals surface area (Å²) in [5.41, 5.74) is -1.80. The van der Waals surface area contributed by atoms with Crippen molar-refractivity contribution in [1.82, 2.24) is 0 Å². The Kier molecular flexibility index (Phi) is 7.16. The van der Waals surface area contributed by atoms with Crippen molar-refractivity contribution in [2.45, 2.75) is 25.7 Å². The fraction of sp³-hybridized carbons (Fsp3) is 0.314. The Morgan fingerprint density at radius 2 is 1.43 bits per heavy atom. The largest absolute Gasteiger partial charge is 0.508 e. The van der Waals surface area contributed by atoms with Crippen molar-refractivity contribution in [3.8, 4) is 5.75 Å². The second-order valence-electron chi connectivity index (χ2n) is 13.3. The lowest BCUT2D eigenvalue weighted by Crippen LogP contribution is -2.48. The smallest absolute Gasteiger partial charge is 0.301 e. The maximum atomic E-state index is 14.4. The van der Waals surface area contributed by atoms with Gasteiger partial charge in [0.25, 0.3) is 0 Å². The molecule has 250 valence electrons. The summed E-state index contributed by atoms with van der Waals surface area (Å²) < 4.78 is 0. The van der Waals surface area contributed by atoms with Crippen LogP contribution < -0.4 is 14.7 Å². The lowest BCUT2D eigenvalue weighted by atomic mass is 9.51. The van der Waals surface area contributed by atoms with Crippen LogP contribution in [-0.2, 0) is 19.2 Å². The van der Waals surface area contributed by atoms with Gasteiger partial charge in [-0.25, -0.2) is 9.80 Å². The number of phenolic OH excluding ortho intramolecular Hbond substituents is 1. The number of rotatable bonds is 6. The predicted octanol–water partition coefficient (Wildman–Crippen LogP) is 4.71. The van der Waals surface area contributed by atoms with Crippen molar-refractivity contribution in [3.63, 3.8) is 0 Å². The van der Waals surface area contributed by atoms with E-state index in [-0.39, 0.29) is 30.0 Å². The number of nitro benzene ring substituents is 2. The zero-order valence-electron chi connectivity index (χ0n) is 26.7. The molecule has 7 rings (SSSR count). The van der Waals surface area contributed by atoms with Crippen molar-refractivity contribution < 1.29 is 34.1 Å². The molecule has 0 spiro atoms. The minimum Gasteiger partial charge on any atom is -0.508 e. The summed E-state index contributed by atoms with van der Waals surface area (Å²) in [5.74, 6) is -6.79. The van der Waals surface area contributed by atoms with Gasteiger partial charge in [0.2, 0.25) is 23.6 Å². The van der Waals surface area contributed by atoms with E-state index in [9.17, 15) is 44.5 Å². The third-order valence-electron chi connectivity index (χ3n) is 10.7. The molecule has 3 aromatic rings. The Balaban J connectivity index is 1.36. The van der Waals surface area contributed by atoms with E-state index < -0.39 is 79.9 Å². The van der Waals surface area contributed by atoms with Crippen LogP contribution in [0.1, 0.15) is 31.2 Å². The maximum absolute atomic E-state index is 14.4. The quantitative estimate of drug-likeness (QED) is 0.167. The molecule has 2 aliphatic heterocycles. The van der Waals surface area contributed by atoms with Crippen LogP contribution >= 0.6 is 0 Å². The second-order valence-corrected chi connectivity index (χ2v) is 13.3. The molecule has 3 fully saturated rings. The third-order valence-corrected chi connectivity index (χ3v) is 10.7. The van der Waals surface area contributed by atoms with Gasteiger partial charge in [0.1, 0.15) is 5.75 Å². The van der Waals surface area contributed by atoms with E-state index in [1.54, 1.807) is 55.5 Å². The number of imide groups is 2. The van der Waals surface area contributed by atoms with Crippen molar-refractivity contribution >= 4 is 52.1 Å². The number of nitro groups is 2. The van der Waals surface area contributed by atoms with Crippen LogP contribution in [-0.4, -0.2) is 52.7 Å². The average Bonchev–Trinajstić information content (AvgIpc) is 3.44. The van der Waals surface area contributed by atoms with Gasteiger partial charge < -0.3 is 10.0 Å². The van der Waals surface area contributed by atoms with Crippen LogP contribution in [0.15, 0.2) is 78.4 Å². The van der Waals surface area contributed by atoms with Gasteiger partial charge in [0, 0.05) is 37.7 Å². The Bertz CT molecular complexity index is 1990. The van der Waals surface area contributed by atoms with E-state index in [2.05, 4.69) is 0 Å². The van der Waals surface area contributed by atoms with Gasteiger partial charge in [-0.15, -0.1) is 0 Å². The number of carbonyl (C=O) groups excluding carboxylic acids is 4. The first-order valence-electron chi connectivity index (χ1n) is 15.7. The van der Waals surface area contributed by atoms with Crippen molar-refractivity contribution in [3.05, 3.63) is 104 Å². The first-order chi connectivity index (χ1) is 23.3. The molecular formula is C35H31N5O9. The molecule has 3 aromatic carbocycles. The number of hydrogen-bond donors (Lipinski definition) is 1. The molecule has 49 heavy (non-hydrogen) atoms. The number of nitrogens with zero attached hydrogens (tertiary/aromatic N) is 5. The van der Waals surface area contributed by atoms with Gasteiger partial charge in [0.15, 0.2) is 5.69 Å². The van der Waals surface area contributed by atoms with Crippen molar-refractivity contribution in [1.29, 1.82) is 0 Å². The highest BCUT2D eigenvalue weighted by molar-refractivity contribution is 6.25. The van der Waals surface area contributed by atoms with Gasteiger partial charge in [-0.3, -0.25) is 39.4 Å². The highest BCUT2D eigenvalue weighted by Gasteiger charge is 2.68. The third kappa shape index (κ3) is 4.39. The highest BCUT2D eigenvalue weighted by Crippen LogP contribution is 2.64. The number of phenols is 1. The summed E-state index contributed by atoms with van der Waals surface area (Å²) in [7, 11) is 2.82. The SMILES string of the molecule is CN(C)c1c([N+](=O)[O-])cc(N2C(=O)[C@H]3[C@H](CC=C4[C@H]3C[C@H]3C(=O)N(c5ccccc5)C(=O)[C@@]3(C)[C@H]4c3ccccc3O)C2=O)cc1[N+](=O)[O-]. The highest BCUT2D eigenvalue weighted by atomic mass is 16.6.